The van der Waals surface area contributed by atoms with Crippen molar-refractivity contribution in [1.29, 1.82) is 0 Å². The summed E-state index contributed by atoms with van der Waals surface area (Å²) in [5.41, 5.74) is 7.26. The van der Waals surface area contributed by atoms with Gasteiger partial charge in [0.15, 0.2) is 11.5 Å². The summed E-state index contributed by atoms with van der Waals surface area (Å²) in [7, 11) is 0. The molecule has 0 bridgehead atoms. The summed E-state index contributed by atoms with van der Waals surface area (Å²) in [5, 5.41) is 4.58. The number of imidazole rings is 1. The third kappa shape index (κ3) is 4.90. The average molecular weight is 467 g/mol. The minimum atomic E-state index is -1.32. The number of nitrogens with zero attached hydrogens (tertiary/aromatic N) is 5. The van der Waals surface area contributed by atoms with Crippen molar-refractivity contribution in [3.63, 3.8) is 0 Å². The van der Waals surface area contributed by atoms with E-state index in [1.54, 1.807) is 6.33 Å². The number of fused-ring (bicyclic) bond motifs is 1. The summed E-state index contributed by atoms with van der Waals surface area (Å²) < 4.78 is 28.2. The normalized spacial score (nSPS) is 18.9. The number of rotatable bonds is 6. The number of aromatic nitrogens is 3. The second kappa shape index (κ2) is 9.68. The summed E-state index contributed by atoms with van der Waals surface area (Å²) in [5.74, 6) is 0.600. The fourth-order valence-corrected chi connectivity index (χ4v) is 4.51. The average Bonchev–Trinajstić information content (AvgIpc) is 3.25. The first-order valence-corrected chi connectivity index (χ1v) is 11.8. The molecule has 0 atom stereocenters. The van der Waals surface area contributed by atoms with Crippen molar-refractivity contribution in [3.05, 3.63) is 47.8 Å². The fraction of sp³-hybridized carbons (Fsp3) is 0.480. The Balaban J connectivity index is 1.49. The SMILES string of the molecule is C/C(=N\Nc1cc(N2CCOCC2)c2ncn(CC3(F)CCOCC3)c2n1)c1cccc(C)c1. The topological polar surface area (TPSA) is 76.8 Å². The Bertz CT molecular complexity index is 1180. The van der Waals surface area contributed by atoms with E-state index < -0.39 is 5.67 Å². The lowest BCUT2D eigenvalue weighted by Gasteiger charge is -2.30. The number of hydrogen-bond donors (Lipinski definition) is 1. The smallest absolute Gasteiger partial charge is 0.164 e. The third-order valence-electron chi connectivity index (χ3n) is 6.52. The Hall–Kier alpha value is -3.04. The number of hydrazone groups is 1. The van der Waals surface area contributed by atoms with Gasteiger partial charge in [-0.25, -0.2) is 14.4 Å². The molecule has 2 aromatic heterocycles. The predicted octanol–water partition coefficient (Wildman–Crippen LogP) is 3.93. The van der Waals surface area contributed by atoms with Crippen molar-refractivity contribution in [1.82, 2.24) is 14.5 Å². The largest absolute Gasteiger partial charge is 0.381 e. The lowest BCUT2D eigenvalue weighted by Crippen LogP contribution is -2.36. The Morgan fingerprint density at radius 2 is 1.91 bits per heavy atom. The molecule has 0 radical (unpaired) electrons. The third-order valence-corrected chi connectivity index (χ3v) is 6.52. The maximum absolute atomic E-state index is 15.5. The molecule has 34 heavy (non-hydrogen) atoms. The number of alkyl halides is 1. The Morgan fingerprint density at radius 1 is 1.15 bits per heavy atom. The van der Waals surface area contributed by atoms with Crippen molar-refractivity contribution < 1.29 is 13.9 Å². The van der Waals surface area contributed by atoms with Crippen LogP contribution in [0.15, 0.2) is 41.8 Å². The van der Waals surface area contributed by atoms with Gasteiger partial charge < -0.3 is 18.9 Å². The van der Waals surface area contributed by atoms with E-state index in [4.69, 9.17) is 14.5 Å². The van der Waals surface area contributed by atoms with Gasteiger partial charge in [-0.1, -0.05) is 29.8 Å². The summed E-state index contributed by atoms with van der Waals surface area (Å²) in [6.45, 7) is 7.96. The van der Waals surface area contributed by atoms with Crippen LogP contribution in [0.5, 0.6) is 0 Å². The highest BCUT2D eigenvalue weighted by molar-refractivity contribution is 5.99. The number of benzene rings is 1. The molecular formula is C25H31FN6O2. The summed E-state index contributed by atoms with van der Waals surface area (Å²) >= 11 is 0. The van der Waals surface area contributed by atoms with Crippen LogP contribution in [0.4, 0.5) is 15.9 Å². The molecule has 5 rings (SSSR count). The number of nitrogens with one attached hydrogen (secondary N) is 1. The van der Waals surface area contributed by atoms with Crippen molar-refractivity contribution in [3.8, 4) is 0 Å². The van der Waals surface area contributed by atoms with E-state index in [0.29, 0.717) is 50.7 Å². The molecule has 2 saturated heterocycles. The van der Waals surface area contributed by atoms with Gasteiger partial charge in [-0.2, -0.15) is 5.10 Å². The van der Waals surface area contributed by atoms with Crippen molar-refractivity contribution in [2.24, 2.45) is 5.10 Å². The van der Waals surface area contributed by atoms with E-state index in [2.05, 4.69) is 39.5 Å². The standard InChI is InChI=1S/C25H31FN6O2/c1-18-4-3-5-20(14-18)19(2)29-30-22-15-21(31-8-12-34-13-9-31)23-24(28-22)32(17-27-23)16-25(26)6-10-33-11-7-25/h3-5,14-15,17H,6-13,16H2,1-2H3,(H,28,30)/b29-19+. The molecule has 9 heteroatoms. The molecule has 0 amide bonds. The van der Waals surface area contributed by atoms with Crippen LogP contribution in [0.3, 0.4) is 0 Å². The van der Waals surface area contributed by atoms with Gasteiger partial charge in [0.1, 0.15) is 11.2 Å². The number of halogens is 1. The lowest BCUT2D eigenvalue weighted by molar-refractivity contribution is -0.0172. The molecular weight excluding hydrogens is 435 g/mol. The van der Waals surface area contributed by atoms with Crippen molar-refractivity contribution in [2.45, 2.75) is 38.9 Å². The van der Waals surface area contributed by atoms with Gasteiger partial charge >= 0.3 is 0 Å². The number of pyridine rings is 1. The predicted molar refractivity (Wildman–Crippen MR) is 131 cm³/mol. The van der Waals surface area contributed by atoms with E-state index >= 15 is 4.39 Å². The molecule has 1 aromatic carbocycles. The molecule has 4 heterocycles. The van der Waals surface area contributed by atoms with E-state index in [-0.39, 0.29) is 6.54 Å². The van der Waals surface area contributed by atoms with Crippen LogP contribution in [-0.4, -0.2) is 65.4 Å². The maximum Gasteiger partial charge on any atom is 0.164 e. The molecule has 2 aliphatic rings. The van der Waals surface area contributed by atoms with Gasteiger partial charge in [0.2, 0.25) is 0 Å². The minimum absolute atomic E-state index is 0.206. The van der Waals surface area contributed by atoms with Crippen LogP contribution >= 0.6 is 0 Å². The summed E-state index contributed by atoms with van der Waals surface area (Å²) in [6, 6.07) is 10.2. The number of ether oxygens (including phenoxy) is 2. The molecule has 0 saturated carbocycles. The van der Waals surface area contributed by atoms with Crippen LogP contribution in [0.2, 0.25) is 0 Å². The molecule has 2 aliphatic heterocycles. The Morgan fingerprint density at radius 3 is 2.68 bits per heavy atom. The molecule has 0 spiro atoms. The van der Waals surface area contributed by atoms with E-state index in [9.17, 15) is 0 Å². The van der Waals surface area contributed by atoms with Gasteiger partial charge in [-0.3, -0.25) is 5.43 Å². The first-order valence-electron chi connectivity index (χ1n) is 11.8. The van der Waals surface area contributed by atoms with Crippen LogP contribution < -0.4 is 10.3 Å². The maximum atomic E-state index is 15.5. The lowest BCUT2D eigenvalue weighted by atomic mass is 9.96. The van der Waals surface area contributed by atoms with Gasteiger partial charge in [0.25, 0.3) is 0 Å². The molecule has 8 nitrogen and oxygen atoms in total. The van der Waals surface area contributed by atoms with Gasteiger partial charge in [-0.15, -0.1) is 0 Å². The van der Waals surface area contributed by atoms with Crippen molar-refractivity contribution >= 4 is 28.4 Å². The highest BCUT2D eigenvalue weighted by atomic mass is 19.1. The van der Waals surface area contributed by atoms with Gasteiger partial charge in [0, 0.05) is 45.2 Å². The number of aryl methyl sites for hydroxylation is 1. The second-order valence-electron chi connectivity index (χ2n) is 9.11. The highest BCUT2D eigenvalue weighted by Crippen LogP contribution is 2.32. The first kappa shape index (κ1) is 22.7. The van der Waals surface area contributed by atoms with Crippen LogP contribution in [0.25, 0.3) is 11.2 Å². The Kier molecular flexibility index (Phi) is 6.47. The molecule has 2 fully saturated rings. The van der Waals surface area contributed by atoms with Crippen LogP contribution in [-0.2, 0) is 16.0 Å². The van der Waals surface area contributed by atoms with Crippen LogP contribution in [0, 0.1) is 6.92 Å². The van der Waals surface area contributed by atoms with Crippen LogP contribution in [0.1, 0.15) is 30.9 Å². The number of hydrogen-bond acceptors (Lipinski definition) is 7. The number of morpholine rings is 1. The van der Waals surface area contributed by atoms with Gasteiger partial charge in [-0.05, 0) is 19.4 Å². The molecule has 180 valence electrons. The zero-order valence-electron chi connectivity index (χ0n) is 19.8. The van der Waals surface area contributed by atoms with E-state index in [1.165, 1.54) is 5.56 Å². The summed E-state index contributed by atoms with van der Waals surface area (Å²) in [6.07, 6.45) is 2.45. The molecule has 0 aliphatic carbocycles. The van der Waals surface area contributed by atoms with E-state index in [1.807, 2.05) is 29.7 Å². The first-order chi connectivity index (χ1) is 16.5. The molecule has 1 N–H and O–H groups in total. The number of anilines is 2. The quantitative estimate of drug-likeness (QED) is 0.438. The van der Waals surface area contributed by atoms with Crippen molar-refractivity contribution in [2.75, 3.05) is 49.8 Å². The minimum Gasteiger partial charge on any atom is -0.381 e. The fourth-order valence-electron chi connectivity index (χ4n) is 4.51. The highest BCUT2D eigenvalue weighted by Gasteiger charge is 2.33. The monoisotopic (exact) mass is 466 g/mol. The van der Waals surface area contributed by atoms with E-state index in [0.717, 1.165) is 35.6 Å². The second-order valence-corrected chi connectivity index (χ2v) is 9.11. The molecule has 3 aromatic rings. The zero-order valence-corrected chi connectivity index (χ0v) is 19.8. The van der Waals surface area contributed by atoms with Gasteiger partial charge in [0.05, 0.1) is 37.5 Å². The molecule has 0 unspecified atom stereocenters. The summed E-state index contributed by atoms with van der Waals surface area (Å²) in [4.78, 5) is 11.7. The Labute approximate surface area is 198 Å². The zero-order chi connectivity index (χ0) is 23.5.